The lowest BCUT2D eigenvalue weighted by Gasteiger charge is -2.46. The molecule has 1 aliphatic heterocycles. The summed E-state index contributed by atoms with van der Waals surface area (Å²) in [5.74, 6) is 0.766. The molecule has 0 aromatic carbocycles. The zero-order valence-electron chi connectivity index (χ0n) is 7.88. The van der Waals surface area contributed by atoms with Crippen LogP contribution in [0.25, 0.3) is 0 Å². The molecule has 2 heteroatoms. The molecule has 0 bridgehead atoms. The number of nitrogens with one attached hydrogen (secondary N) is 1. The van der Waals surface area contributed by atoms with Gasteiger partial charge in [0, 0.05) is 5.92 Å². The van der Waals surface area contributed by atoms with Crippen LogP contribution < -0.4 is 5.06 Å². The van der Waals surface area contributed by atoms with Gasteiger partial charge in [0.05, 0.1) is 12.1 Å². The standard InChI is InChI=1S/C10H19NO/c1-8-6-7-9-4-2-3-5-10(9)11(8)12/h8-11H,2-7H2,1H3. The van der Waals surface area contributed by atoms with Gasteiger partial charge in [-0.25, -0.2) is 0 Å². The number of hydrogen-bond acceptors (Lipinski definition) is 1. The van der Waals surface area contributed by atoms with Crippen molar-refractivity contribution in [3.05, 3.63) is 5.21 Å². The molecule has 0 aromatic rings. The van der Waals surface area contributed by atoms with Gasteiger partial charge in [-0.15, -0.1) is 0 Å². The summed E-state index contributed by atoms with van der Waals surface area (Å²) in [7, 11) is 0. The number of rotatable bonds is 0. The van der Waals surface area contributed by atoms with E-state index in [1.54, 1.807) is 0 Å². The van der Waals surface area contributed by atoms with Crippen molar-refractivity contribution in [2.24, 2.45) is 5.92 Å². The highest BCUT2D eigenvalue weighted by Gasteiger charge is 2.35. The first-order valence-corrected chi connectivity index (χ1v) is 5.33. The SMILES string of the molecule is CC1CCC2CCCCC2[NH+]1[O-]. The average Bonchev–Trinajstić information content (AvgIpc) is 2.12. The summed E-state index contributed by atoms with van der Waals surface area (Å²) < 4.78 is 0. The molecule has 1 N–H and O–H groups in total. The van der Waals surface area contributed by atoms with Crippen LogP contribution in [0.4, 0.5) is 0 Å². The summed E-state index contributed by atoms with van der Waals surface area (Å²) in [6, 6.07) is 0.826. The van der Waals surface area contributed by atoms with Crippen LogP contribution in [0.3, 0.4) is 0 Å². The predicted molar refractivity (Wildman–Crippen MR) is 48.8 cm³/mol. The smallest absolute Gasteiger partial charge is 0.0902 e. The minimum atomic E-state index is 0.365. The maximum absolute atomic E-state index is 11.8. The highest BCUT2D eigenvalue weighted by Crippen LogP contribution is 2.29. The van der Waals surface area contributed by atoms with Gasteiger partial charge in [0.1, 0.15) is 0 Å². The van der Waals surface area contributed by atoms with E-state index in [-0.39, 0.29) is 0 Å². The van der Waals surface area contributed by atoms with E-state index in [9.17, 15) is 5.21 Å². The highest BCUT2D eigenvalue weighted by atomic mass is 16.5. The predicted octanol–water partition coefficient (Wildman–Crippen LogP) is 1.11. The van der Waals surface area contributed by atoms with Crippen molar-refractivity contribution in [1.82, 2.24) is 0 Å². The zero-order chi connectivity index (χ0) is 8.55. The van der Waals surface area contributed by atoms with Crippen LogP contribution in [0.15, 0.2) is 0 Å². The molecule has 4 atom stereocenters. The maximum Gasteiger partial charge on any atom is 0.0902 e. The molecular weight excluding hydrogens is 150 g/mol. The summed E-state index contributed by atoms with van der Waals surface area (Å²) in [5, 5.41) is 12.3. The van der Waals surface area contributed by atoms with Gasteiger partial charge in [-0.05, 0) is 39.0 Å². The van der Waals surface area contributed by atoms with Crippen molar-refractivity contribution in [1.29, 1.82) is 0 Å². The third-order valence-corrected chi connectivity index (χ3v) is 3.73. The van der Waals surface area contributed by atoms with Gasteiger partial charge in [0.25, 0.3) is 0 Å². The van der Waals surface area contributed by atoms with Gasteiger partial charge < -0.3 is 10.3 Å². The fourth-order valence-electron chi connectivity index (χ4n) is 2.90. The number of hydroxylamine groups is 2. The third kappa shape index (κ3) is 1.38. The quantitative estimate of drug-likeness (QED) is 0.540. The molecule has 2 fully saturated rings. The number of hydrogen-bond donors (Lipinski definition) is 1. The number of fused-ring (bicyclic) bond motifs is 1. The molecular formula is C10H19NO. The number of piperidine rings is 1. The first kappa shape index (κ1) is 8.52. The minimum absolute atomic E-state index is 0.365. The molecule has 2 aliphatic rings. The monoisotopic (exact) mass is 169 g/mol. The molecule has 1 aliphatic carbocycles. The van der Waals surface area contributed by atoms with Crippen molar-refractivity contribution in [3.8, 4) is 0 Å². The van der Waals surface area contributed by atoms with E-state index in [4.69, 9.17) is 0 Å². The summed E-state index contributed by atoms with van der Waals surface area (Å²) in [6.45, 7) is 2.10. The topological polar surface area (TPSA) is 27.5 Å². The van der Waals surface area contributed by atoms with E-state index in [0.717, 1.165) is 12.3 Å². The first-order chi connectivity index (χ1) is 5.79. The lowest BCUT2D eigenvalue weighted by molar-refractivity contribution is -0.911. The molecule has 2 nitrogen and oxygen atoms in total. The lowest BCUT2D eigenvalue weighted by atomic mass is 9.78. The van der Waals surface area contributed by atoms with Crippen molar-refractivity contribution in [3.63, 3.8) is 0 Å². The van der Waals surface area contributed by atoms with Gasteiger partial charge in [-0.1, -0.05) is 6.42 Å². The van der Waals surface area contributed by atoms with Gasteiger partial charge in [0.2, 0.25) is 0 Å². The molecule has 1 saturated heterocycles. The molecule has 4 unspecified atom stereocenters. The Balaban J connectivity index is 2.03. The fourth-order valence-corrected chi connectivity index (χ4v) is 2.90. The van der Waals surface area contributed by atoms with Gasteiger partial charge >= 0.3 is 0 Å². The van der Waals surface area contributed by atoms with Crippen LogP contribution in [0, 0.1) is 11.1 Å². The molecule has 0 aromatic heterocycles. The van der Waals surface area contributed by atoms with Crippen LogP contribution in [0.5, 0.6) is 0 Å². The van der Waals surface area contributed by atoms with Gasteiger partial charge in [-0.2, -0.15) is 0 Å². The maximum atomic E-state index is 11.8. The Morgan fingerprint density at radius 2 is 1.83 bits per heavy atom. The molecule has 70 valence electrons. The normalized spacial score (nSPS) is 48.5. The van der Waals surface area contributed by atoms with Crippen molar-refractivity contribution < 1.29 is 5.06 Å². The van der Waals surface area contributed by atoms with E-state index in [1.165, 1.54) is 32.1 Å². The second kappa shape index (κ2) is 3.35. The van der Waals surface area contributed by atoms with E-state index in [1.807, 2.05) is 0 Å². The van der Waals surface area contributed by atoms with E-state index >= 15 is 0 Å². The Morgan fingerprint density at radius 1 is 1.08 bits per heavy atom. The first-order valence-electron chi connectivity index (χ1n) is 5.33. The average molecular weight is 169 g/mol. The van der Waals surface area contributed by atoms with Crippen molar-refractivity contribution in [2.45, 2.75) is 57.5 Å². The Morgan fingerprint density at radius 3 is 2.67 bits per heavy atom. The van der Waals surface area contributed by atoms with Crippen LogP contribution in [-0.4, -0.2) is 12.1 Å². The minimum Gasteiger partial charge on any atom is -0.634 e. The molecule has 1 saturated carbocycles. The van der Waals surface area contributed by atoms with Crippen LogP contribution in [0.1, 0.15) is 45.4 Å². The summed E-state index contributed by atoms with van der Waals surface area (Å²) in [5.41, 5.74) is 0. The molecule has 2 rings (SSSR count). The zero-order valence-corrected chi connectivity index (χ0v) is 7.88. The largest absolute Gasteiger partial charge is 0.634 e. The van der Waals surface area contributed by atoms with Crippen LogP contribution >= 0.6 is 0 Å². The summed E-state index contributed by atoms with van der Waals surface area (Å²) in [4.78, 5) is 0. The lowest BCUT2D eigenvalue weighted by Crippen LogP contribution is -3.16. The van der Waals surface area contributed by atoms with Gasteiger partial charge in [0.15, 0.2) is 0 Å². The van der Waals surface area contributed by atoms with Crippen LogP contribution in [-0.2, 0) is 0 Å². The van der Waals surface area contributed by atoms with Crippen molar-refractivity contribution in [2.75, 3.05) is 0 Å². The molecule has 1 heterocycles. The molecule has 12 heavy (non-hydrogen) atoms. The highest BCUT2D eigenvalue weighted by molar-refractivity contribution is 4.79. The third-order valence-electron chi connectivity index (χ3n) is 3.73. The summed E-state index contributed by atoms with van der Waals surface area (Å²) >= 11 is 0. The fraction of sp³-hybridized carbons (Fsp3) is 1.00. The Bertz CT molecular complexity index is 158. The van der Waals surface area contributed by atoms with Crippen molar-refractivity contribution >= 4 is 0 Å². The number of quaternary nitrogens is 1. The second-order valence-corrected chi connectivity index (χ2v) is 4.53. The Labute approximate surface area is 74.5 Å². The van der Waals surface area contributed by atoms with Gasteiger partial charge in [-0.3, -0.25) is 0 Å². The van der Waals surface area contributed by atoms with E-state index in [2.05, 4.69) is 6.92 Å². The summed E-state index contributed by atoms with van der Waals surface area (Å²) in [6.07, 6.45) is 7.64. The van der Waals surface area contributed by atoms with E-state index in [0.29, 0.717) is 17.1 Å². The van der Waals surface area contributed by atoms with Crippen LogP contribution in [0.2, 0.25) is 0 Å². The Hall–Kier alpha value is -0.0800. The molecule has 0 radical (unpaired) electrons. The second-order valence-electron chi connectivity index (χ2n) is 4.53. The molecule has 0 amide bonds. The molecule has 0 spiro atoms. The van der Waals surface area contributed by atoms with E-state index < -0.39 is 0 Å². The Kier molecular flexibility index (Phi) is 2.37.